The van der Waals surface area contributed by atoms with Crippen LogP contribution in [0.3, 0.4) is 0 Å². The lowest BCUT2D eigenvalue weighted by atomic mass is 10.0. The topological polar surface area (TPSA) is 40.5 Å². The van der Waals surface area contributed by atoms with Gasteiger partial charge >= 0.3 is 5.97 Å². The summed E-state index contributed by atoms with van der Waals surface area (Å²) in [6.07, 6.45) is 2.01. The standard InChI is InChI=1S/C21H20BrNO3/c1-14-20(21(24)26-3)19(16-5-4-6-17(22)11-16)13-23(14)12-15-7-9-18(25-2)10-8-15/h4-11,13H,12H2,1-3H3. The predicted octanol–water partition coefficient (Wildman–Crippen LogP) is 5.07. The molecule has 0 aliphatic carbocycles. The lowest BCUT2D eigenvalue weighted by Crippen LogP contribution is -2.06. The molecule has 5 heteroatoms. The minimum Gasteiger partial charge on any atom is -0.497 e. The van der Waals surface area contributed by atoms with Crippen LogP contribution in [0.4, 0.5) is 0 Å². The van der Waals surface area contributed by atoms with Gasteiger partial charge in [-0.2, -0.15) is 0 Å². The predicted molar refractivity (Wildman–Crippen MR) is 106 cm³/mol. The van der Waals surface area contributed by atoms with Gasteiger partial charge in [-0.1, -0.05) is 40.2 Å². The molecule has 0 bridgehead atoms. The first-order valence-corrected chi connectivity index (χ1v) is 8.99. The van der Waals surface area contributed by atoms with Gasteiger partial charge in [0.25, 0.3) is 0 Å². The number of rotatable bonds is 5. The molecule has 0 spiro atoms. The summed E-state index contributed by atoms with van der Waals surface area (Å²) in [5.41, 5.74) is 4.43. The van der Waals surface area contributed by atoms with Gasteiger partial charge in [-0.05, 0) is 42.3 Å². The first-order chi connectivity index (χ1) is 12.5. The van der Waals surface area contributed by atoms with E-state index in [9.17, 15) is 4.79 Å². The summed E-state index contributed by atoms with van der Waals surface area (Å²) >= 11 is 3.50. The quantitative estimate of drug-likeness (QED) is 0.548. The molecule has 0 saturated carbocycles. The Kier molecular flexibility index (Phi) is 5.47. The van der Waals surface area contributed by atoms with Gasteiger partial charge in [0.1, 0.15) is 5.75 Å². The highest BCUT2D eigenvalue weighted by Crippen LogP contribution is 2.31. The summed E-state index contributed by atoms with van der Waals surface area (Å²) in [6, 6.07) is 15.8. The van der Waals surface area contributed by atoms with Crippen molar-refractivity contribution in [2.45, 2.75) is 13.5 Å². The molecule has 3 aromatic rings. The summed E-state index contributed by atoms with van der Waals surface area (Å²) in [5, 5.41) is 0. The third kappa shape index (κ3) is 3.68. The van der Waals surface area contributed by atoms with Crippen LogP contribution in [-0.2, 0) is 11.3 Å². The number of halogens is 1. The van der Waals surface area contributed by atoms with Crippen molar-refractivity contribution in [1.82, 2.24) is 4.57 Å². The van der Waals surface area contributed by atoms with Crippen LogP contribution in [0.5, 0.6) is 5.75 Å². The normalized spacial score (nSPS) is 10.6. The second-order valence-electron chi connectivity index (χ2n) is 5.98. The fourth-order valence-electron chi connectivity index (χ4n) is 2.98. The van der Waals surface area contributed by atoms with E-state index in [1.807, 2.05) is 61.7 Å². The average Bonchev–Trinajstić information content (AvgIpc) is 2.98. The number of hydrogen-bond acceptors (Lipinski definition) is 3. The van der Waals surface area contributed by atoms with Crippen LogP contribution in [0.1, 0.15) is 21.6 Å². The van der Waals surface area contributed by atoms with E-state index < -0.39 is 0 Å². The zero-order valence-electron chi connectivity index (χ0n) is 15.0. The van der Waals surface area contributed by atoms with Crippen molar-refractivity contribution >= 4 is 21.9 Å². The van der Waals surface area contributed by atoms with Gasteiger partial charge in [0.05, 0.1) is 19.8 Å². The Bertz CT molecular complexity index is 929. The Balaban J connectivity index is 2.04. The van der Waals surface area contributed by atoms with E-state index in [0.717, 1.165) is 32.6 Å². The Labute approximate surface area is 161 Å². The third-order valence-corrected chi connectivity index (χ3v) is 4.88. The van der Waals surface area contributed by atoms with Gasteiger partial charge in [-0.3, -0.25) is 0 Å². The van der Waals surface area contributed by atoms with Crippen molar-refractivity contribution in [1.29, 1.82) is 0 Å². The first kappa shape index (κ1) is 18.3. The fraction of sp³-hybridized carbons (Fsp3) is 0.190. The van der Waals surface area contributed by atoms with Crippen molar-refractivity contribution < 1.29 is 14.3 Å². The highest BCUT2D eigenvalue weighted by molar-refractivity contribution is 9.10. The molecule has 0 radical (unpaired) electrons. The zero-order chi connectivity index (χ0) is 18.7. The summed E-state index contributed by atoms with van der Waals surface area (Å²) < 4.78 is 13.3. The number of aromatic nitrogens is 1. The lowest BCUT2D eigenvalue weighted by molar-refractivity contribution is 0.0600. The van der Waals surface area contributed by atoms with Crippen LogP contribution in [0.15, 0.2) is 59.2 Å². The molecule has 0 aliphatic heterocycles. The molecule has 0 unspecified atom stereocenters. The van der Waals surface area contributed by atoms with E-state index >= 15 is 0 Å². The van der Waals surface area contributed by atoms with Crippen molar-refractivity contribution in [3.05, 3.63) is 76.0 Å². The lowest BCUT2D eigenvalue weighted by Gasteiger charge is -2.08. The molecule has 0 aliphatic rings. The summed E-state index contributed by atoms with van der Waals surface area (Å²) in [7, 11) is 3.06. The maximum atomic E-state index is 12.4. The van der Waals surface area contributed by atoms with Crippen LogP contribution in [0.25, 0.3) is 11.1 Å². The van der Waals surface area contributed by atoms with Crippen LogP contribution < -0.4 is 4.74 Å². The van der Waals surface area contributed by atoms with Gasteiger partial charge in [0, 0.05) is 28.5 Å². The number of methoxy groups -OCH3 is 2. The fourth-order valence-corrected chi connectivity index (χ4v) is 3.38. The van der Waals surface area contributed by atoms with Crippen molar-refractivity contribution in [3.63, 3.8) is 0 Å². The number of nitrogens with zero attached hydrogens (tertiary/aromatic N) is 1. The Morgan fingerprint density at radius 2 is 1.85 bits per heavy atom. The van der Waals surface area contributed by atoms with E-state index in [0.29, 0.717) is 12.1 Å². The molecule has 26 heavy (non-hydrogen) atoms. The van der Waals surface area contributed by atoms with E-state index in [-0.39, 0.29) is 5.97 Å². The number of hydrogen-bond donors (Lipinski definition) is 0. The first-order valence-electron chi connectivity index (χ1n) is 8.20. The van der Waals surface area contributed by atoms with Crippen LogP contribution in [0.2, 0.25) is 0 Å². The second kappa shape index (κ2) is 7.79. The molecule has 3 rings (SSSR count). The zero-order valence-corrected chi connectivity index (χ0v) is 16.5. The number of benzene rings is 2. The molecular weight excluding hydrogens is 394 g/mol. The third-order valence-electron chi connectivity index (χ3n) is 4.38. The van der Waals surface area contributed by atoms with Crippen molar-refractivity contribution in [3.8, 4) is 16.9 Å². The summed E-state index contributed by atoms with van der Waals surface area (Å²) in [4.78, 5) is 12.4. The van der Waals surface area contributed by atoms with Crippen LogP contribution >= 0.6 is 15.9 Å². The molecule has 0 fully saturated rings. The molecule has 1 heterocycles. The second-order valence-corrected chi connectivity index (χ2v) is 6.90. The molecule has 4 nitrogen and oxygen atoms in total. The van der Waals surface area contributed by atoms with Crippen LogP contribution in [-0.4, -0.2) is 24.8 Å². The van der Waals surface area contributed by atoms with Crippen molar-refractivity contribution in [2.24, 2.45) is 0 Å². The largest absolute Gasteiger partial charge is 0.497 e. The number of carbonyl (C=O) groups excluding carboxylic acids is 1. The van der Waals surface area contributed by atoms with E-state index in [2.05, 4.69) is 20.5 Å². The molecule has 0 N–H and O–H groups in total. The van der Waals surface area contributed by atoms with Crippen molar-refractivity contribution in [2.75, 3.05) is 14.2 Å². The molecule has 134 valence electrons. The van der Waals surface area contributed by atoms with Gasteiger partial charge in [-0.15, -0.1) is 0 Å². The Morgan fingerprint density at radius 1 is 1.12 bits per heavy atom. The van der Waals surface area contributed by atoms with Gasteiger partial charge < -0.3 is 14.0 Å². The number of esters is 1. The minimum atomic E-state index is -0.328. The maximum absolute atomic E-state index is 12.4. The highest BCUT2D eigenvalue weighted by atomic mass is 79.9. The van der Waals surface area contributed by atoms with Gasteiger partial charge in [0.15, 0.2) is 0 Å². The van der Waals surface area contributed by atoms with Gasteiger partial charge in [-0.25, -0.2) is 4.79 Å². The highest BCUT2D eigenvalue weighted by Gasteiger charge is 2.21. The SMILES string of the molecule is COC(=O)c1c(-c2cccc(Br)c2)cn(Cc2ccc(OC)cc2)c1C. The summed E-state index contributed by atoms with van der Waals surface area (Å²) in [6.45, 7) is 2.60. The number of carbonyl (C=O) groups is 1. The van der Waals surface area contributed by atoms with Gasteiger partial charge in [0.2, 0.25) is 0 Å². The number of ether oxygens (including phenoxy) is 2. The molecule has 0 amide bonds. The molecule has 1 aromatic heterocycles. The molecule has 0 atom stereocenters. The van der Waals surface area contributed by atoms with E-state index in [4.69, 9.17) is 9.47 Å². The van der Waals surface area contributed by atoms with E-state index in [1.54, 1.807) is 7.11 Å². The van der Waals surface area contributed by atoms with E-state index in [1.165, 1.54) is 7.11 Å². The summed E-state index contributed by atoms with van der Waals surface area (Å²) in [5.74, 6) is 0.494. The Hall–Kier alpha value is -2.53. The molecule has 0 saturated heterocycles. The van der Waals surface area contributed by atoms with Crippen LogP contribution in [0, 0.1) is 6.92 Å². The monoisotopic (exact) mass is 413 g/mol. The molecular formula is C21H20BrNO3. The smallest absolute Gasteiger partial charge is 0.340 e. The maximum Gasteiger partial charge on any atom is 0.340 e. The Morgan fingerprint density at radius 3 is 2.46 bits per heavy atom. The molecule has 2 aromatic carbocycles. The minimum absolute atomic E-state index is 0.328. The average molecular weight is 414 g/mol.